The molecule has 2 aliphatic rings. The molecule has 1 aromatic heterocycles. The SMILES string of the molecule is Clc1cccc(-c2cnc(CN3CCC4(CC3)OCCO4)o2)c1. The topological polar surface area (TPSA) is 47.7 Å². The first kappa shape index (κ1) is 15.1. The Bertz CT molecular complexity index is 672. The molecular formula is C17H19ClN2O3. The summed E-state index contributed by atoms with van der Waals surface area (Å²) in [6, 6.07) is 7.60. The number of hydrogen-bond donors (Lipinski definition) is 0. The largest absolute Gasteiger partial charge is 0.439 e. The van der Waals surface area contributed by atoms with Gasteiger partial charge in [-0.3, -0.25) is 4.90 Å². The smallest absolute Gasteiger partial charge is 0.209 e. The molecule has 1 aromatic carbocycles. The lowest BCUT2D eigenvalue weighted by Crippen LogP contribution is -2.44. The molecule has 0 radical (unpaired) electrons. The first-order valence-corrected chi connectivity index (χ1v) is 8.31. The average molecular weight is 335 g/mol. The maximum absolute atomic E-state index is 6.02. The Morgan fingerprint density at radius 2 is 1.96 bits per heavy atom. The van der Waals surface area contributed by atoms with Crippen LogP contribution >= 0.6 is 11.6 Å². The minimum atomic E-state index is -0.334. The molecule has 23 heavy (non-hydrogen) atoms. The molecule has 0 N–H and O–H groups in total. The van der Waals surface area contributed by atoms with E-state index in [1.807, 2.05) is 24.3 Å². The highest BCUT2D eigenvalue weighted by Gasteiger charge is 2.39. The monoisotopic (exact) mass is 334 g/mol. The third kappa shape index (κ3) is 3.28. The average Bonchev–Trinajstić information content (AvgIpc) is 3.20. The van der Waals surface area contributed by atoms with E-state index in [1.54, 1.807) is 6.20 Å². The summed E-state index contributed by atoms with van der Waals surface area (Å²) in [7, 11) is 0. The van der Waals surface area contributed by atoms with Crippen LogP contribution in [0.15, 0.2) is 34.9 Å². The van der Waals surface area contributed by atoms with Crippen LogP contribution in [0, 0.1) is 0 Å². The van der Waals surface area contributed by atoms with Crippen molar-refractivity contribution in [2.45, 2.75) is 25.2 Å². The Morgan fingerprint density at radius 1 is 1.17 bits per heavy atom. The van der Waals surface area contributed by atoms with Crippen LogP contribution in [0.5, 0.6) is 0 Å². The molecule has 3 heterocycles. The summed E-state index contributed by atoms with van der Waals surface area (Å²) in [5.74, 6) is 1.14. The molecule has 2 aliphatic heterocycles. The first-order chi connectivity index (χ1) is 11.2. The number of nitrogens with zero attached hydrogens (tertiary/aromatic N) is 2. The Hall–Kier alpha value is -1.40. The van der Waals surface area contributed by atoms with Gasteiger partial charge in [-0.1, -0.05) is 23.7 Å². The standard InChI is InChI=1S/C17H19ClN2O3/c18-14-3-1-2-13(10-14)15-11-19-16(23-15)12-20-6-4-17(5-7-20)21-8-9-22-17/h1-3,10-11H,4-9,12H2. The summed E-state index contributed by atoms with van der Waals surface area (Å²) in [5.41, 5.74) is 0.946. The van der Waals surface area contributed by atoms with Gasteiger partial charge in [-0.15, -0.1) is 0 Å². The number of aromatic nitrogens is 1. The van der Waals surface area contributed by atoms with Crippen molar-refractivity contribution < 1.29 is 13.9 Å². The van der Waals surface area contributed by atoms with Gasteiger partial charge in [-0.05, 0) is 12.1 Å². The Labute approximate surface area is 140 Å². The van der Waals surface area contributed by atoms with E-state index in [0.29, 0.717) is 24.8 Å². The maximum atomic E-state index is 6.02. The van der Waals surface area contributed by atoms with E-state index in [1.165, 1.54) is 0 Å². The van der Waals surface area contributed by atoms with E-state index >= 15 is 0 Å². The molecule has 2 saturated heterocycles. The molecule has 2 aromatic rings. The van der Waals surface area contributed by atoms with Crippen molar-refractivity contribution in [3.8, 4) is 11.3 Å². The van der Waals surface area contributed by atoms with Crippen molar-refractivity contribution >= 4 is 11.6 Å². The van der Waals surface area contributed by atoms with Gasteiger partial charge < -0.3 is 13.9 Å². The summed E-state index contributed by atoms with van der Waals surface area (Å²) >= 11 is 6.02. The van der Waals surface area contributed by atoms with Crippen LogP contribution in [0.25, 0.3) is 11.3 Å². The van der Waals surface area contributed by atoms with E-state index in [0.717, 1.165) is 43.1 Å². The van der Waals surface area contributed by atoms with Crippen LogP contribution in [-0.4, -0.2) is 42.0 Å². The predicted octanol–water partition coefficient (Wildman–Crippen LogP) is 3.33. The molecule has 4 rings (SSSR count). The van der Waals surface area contributed by atoms with Crippen molar-refractivity contribution in [1.29, 1.82) is 0 Å². The number of hydrogen-bond acceptors (Lipinski definition) is 5. The molecule has 2 fully saturated rings. The highest BCUT2D eigenvalue weighted by Crippen LogP contribution is 2.32. The number of benzene rings is 1. The van der Waals surface area contributed by atoms with E-state index < -0.39 is 0 Å². The summed E-state index contributed by atoms with van der Waals surface area (Å²) in [4.78, 5) is 6.71. The Morgan fingerprint density at radius 3 is 2.70 bits per heavy atom. The van der Waals surface area contributed by atoms with Crippen molar-refractivity contribution in [2.75, 3.05) is 26.3 Å². The first-order valence-electron chi connectivity index (χ1n) is 7.93. The van der Waals surface area contributed by atoms with Crippen LogP contribution in [0.4, 0.5) is 0 Å². The predicted molar refractivity (Wildman–Crippen MR) is 86.1 cm³/mol. The summed E-state index contributed by atoms with van der Waals surface area (Å²) < 4.78 is 17.4. The number of oxazole rings is 1. The molecule has 0 saturated carbocycles. The second kappa shape index (κ2) is 6.24. The molecule has 0 aliphatic carbocycles. The molecule has 1 spiro atoms. The molecule has 122 valence electrons. The molecule has 5 nitrogen and oxygen atoms in total. The van der Waals surface area contributed by atoms with Crippen LogP contribution in [0.1, 0.15) is 18.7 Å². The van der Waals surface area contributed by atoms with Gasteiger partial charge in [0.15, 0.2) is 11.5 Å². The van der Waals surface area contributed by atoms with Crippen LogP contribution in [-0.2, 0) is 16.0 Å². The summed E-state index contributed by atoms with van der Waals surface area (Å²) in [6.07, 6.45) is 3.55. The zero-order valence-electron chi connectivity index (χ0n) is 12.8. The zero-order valence-corrected chi connectivity index (χ0v) is 13.6. The van der Waals surface area contributed by atoms with Crippen LogP contribution in [0.3, 0.4) is 0 Å². The normalized spacial score (nSPS) is 21.1. The highest BCUT2D eigenvalue weighted by atomic mass is 35.5. The second-order valence-electron chi connectivity index (χ2n) is 6.01. The van der Waals surface area contributed by atoms with Crippen molar-refractivity contribution in [3.05, 3.63) is 41.4 Å². The number of piperidine rings is 1. The zero-order chi connectivity index (χ0) is 15.7. The molecule has 0 unspecified atom stereocenters. The van der Waals surface area contributed by atoms with Gasteiger partial charge >= 0.3 is 0 Å². The van der Waals surface area contributed by atoms with Gasteiger partial charge in [0.25, 0.3) is 0 Å². The van der Waals surface area contributed by atoms with Gasteiger partial charge in [-0.2, -0.15) is 0 Å². The lowest BCUT2D eigenvalue weighted by Gasteiger charge is -2.36. The van der Waals surface area contributed by atoms with Crippen LogP contribution < -0.4 is 0 Å². The quantitative estimate of drug-likeness (QED) is 0.861. The molecular weight excluding hydrogens is 316 g/mol. The van der Waals surface area contributed by atoms with E-state index in [2.05, 4.69) is 9.88 Å². The minimum Gasteiger partial charge on any atom is -0.439 e. The second-order valence-corrected chi connectivity index (χ2v) is 6.45. The van der Waals surface area contributed by atoms with E-state index in [4.69, 9.17) is 25.5 Å². The van der Waals surface area contributed by atoms with Gasteiger partial charge in [-0.25, -0.2) is 4.98 Å². The van der Waals surface area contributed by atoms with Gasteiger partial charge in [0.2, 0.25) is 5.89 Å². The number of halogens is 1. The minimum absolute atomic E-state index is 0.334. The molecule has 0 amide bonds. The van der Waals surface area contributed by atoms with Crippen molar-refractivity contribution in [2.24, 2.45) is 0 Å². The third-order valence-electron chi connectivity index (χ3n) is 4.45. The van der Waals surface area contributed by atoms with Gasteiger partial charge in [0.1, 0.15) is 0 Å². The van der Waals surface area contributed by atoms with E-state index in [9.17, 15) is 0 Å². The Kier molecular flexibility index (Phi) is 4.11. The van der Waals surface area contributed by atoms with Gasteiger partial charge in [0, 0.05) is 36.5 Å². The summed E-state index contributed by atoms with van der Waals surface area (Å²) in [5, 5.41) is 0.693. The highest BCUT2D eigenvalue weighted by molar-refractivity contribution is 6.30. The third-order valence-corrected chi connectivity index (χ3v) is 4.69. The maximum Gasteiger partial charge on any atom is 0.209 e. The lowest BCUT2D eigenvalue weighted by atomic mass is 10.0. The van der Waals surface area contributed by atoms with Crippen LogP contribution in [0.2, 0.25) is 5.02 Å². The molecule has 0 bridgehead atoms. The summed E-state index contributed by atoms with van der Waals surface area (Å²) in [6.45, 7) is 3.98. The van der Waals surface area contributed by atoms with E-state index in [-0.39, 0.29) is 5.79 Å². The number of ether oxygens (including phenoxy) is 2. The lowest BCUT2D eigenvalue weighted by molar-refractivity contribution is -0.186. The fourth-order valence-corrected chi connectivity index (χ4v) is 3.38. The number of rotatable bonds is 3. The fourth-order valence-electron chi connectivity index (χ4n) is 3.19. The number of likely N-dealkylation sites (tertiary alicyclic amines) is 1. The molecule has 0 atom stereocenters. The van der Waals surface area contributed by atoms with Crippen molar-refractivity contribution in [3.63, 3.8) is 0 Å². The Balaban J connectivity index is 1.39. The van der Waals surface area contributed by atoms with Gasteiger partial charge in [0.05, 0.1) is 26.0 Å². The fraction of sp³-hybridized carbons (Fsp3) is 0.471. The van der Waals surface area contributed by atoms with Crippen molar-refractivity contribution in [1.82, 2.24) is 9.88 Å². The molecule has 6 heteroatoms.